The lowest BCUT2D eigenvalue weighted by atomic mass is 10.2. The minimum absolute atomic E-state index is 0.108. The molecule has 0 unspecified atom stereocenters. The first-order chi connectivity index (χ1) is 8.49. The molecule has 4 nitrogen and oxygen atoms in total. The molecule has 0 saturated heterocycles. The lowest BCUT2D eigenvalue weighted by Gasteiger charge is -2.07. The fourth-order valence-corrected chi connectivity index (χ4v) is 1.60. The summed E-state index contributed by atoms with van der Waals surface area (Å²) in [7, 11) is 0. The third kappa shape index (κ3) is 2.32. The molecule has 96 valence electrons. The summed E-state index contributed by atoms with van der Waals surface area (Å²) in [4.78, 5) is 3.85. The fraction of sp³-hybridized carbons (Fsp3) is 0.333. The minimum Gasteiger partial charge on any atom is -0.508 e. The van der Waals surface area contributed by atoms with E-state index in [9.17, 15) is 13.9 Å². The van der Waals surface area contributed by atoms with Crippen LogP contribution in [-0.2, 0) is 0 Å². The molecule has 1 heterocycles. The summed E-state index contributed by atoms with van der Waals surface area (Å²) < 4.78 is 26.9. The zero-order chi connectivity index (χ0) is 13.3. The van der Waals surface area contributed by atoms with E-state index in [1.54, 1.807) is 26.0 Å². The van der Waals surface area contributed by atoms with Crippen LogP contribution in [0.25, 0.3) is 11.4 Å². The van der Waals surface area contributed by atoms with E-state index in [4.69, 9.17) is 0 Å². The summed E-state index contributed by atoms with van der Waals surface area (Å²) in [5.41, 5.74) is 0.592. The molecular weight excluding hydrogens is 240 g/mol. The Balaban J connectivity index is 2.46. The molecule has 1 aromatic heterocycles. The van der Waals surface area contributed by atoms with Gasteiger partial charge in [-0.3, -0.25) is 0 Å². The normalized spacial score (nSPS) is 11.4. The fourth-order valence-electron chi connectivity index (χ4n) is 1.60. The number of benzene rings is 1. The highest BCUT2D eigenvalue weighted by Crippen LogP contribution is 2.25. The molecule has 0 amide bonds. The molecule has 0 spiro atoms. The van der Waals surface area contributed by atoms with Gasteiger partial charge in [-0.25, -0.2) is 18.4 Å². The molecule has 0 saturated carbocycles. The van der Waals surface area contributed by atoms with Crippen LogP contribution in [0.1, 0.15) is 32.1 Å². The number of alkyl halides is 2. The van der Waals surface area contributed by atoms with E-state index in [1.165, 1.54) is 16.8 Å². The van der Waals surface area contributed by atoms with Crippen molar-refractivity contribution in [2.75, 3.05) is 0 Å². The van der Waals surface area contributed by atoms with Gasteiger partial charge in [0, 0.05) is 11.6 Å². The molecule has 0 bridgehead atoms. The lowest BCUT2D eigenvalue weighted by Crippen LogP contribution is -2.08. The zero-order valence-electron chi connectivity index (χ0n) is 10.0. The molecule has 1 N–H and O–H groups in total. The third-order valence-corrected chi connectivity index (χ3v) is 2.47. The second-order valence-corrected chi connectivity index (χ2v) is 4.18. The average molecular weight is 253 g/mol. The van der Waals surface area contributed by atoms with Gasteiger partial charge >= 0.3 is 0 Å². The van der Waals surface area contributed by atoms with Crippen molar-refractivity contribution in [2.24, 2.45) is 0 Å². The number of phenols is 1. The van der Waals surface area contributed by atoms with E-state index in [2.05, 4.69) is 10.1 Å². The van der Waals surface area contributed by atoms with Gasteiger partial charge in [-0.2, -0.15) is 5.10 Å². The van der Waals surface area contributed by atoms with Crippen LogP contribution >= 0.6 is 0 Å². The van der Waals surface area contributed by atoms with Crippen molar-refractivity contribution >= 4 is 0 Å². The van der Waals surface area contributed by atoms with Gasteiger partial charge in [-0.1, -0.05) is 0 Å². The Morgan fingerprint density at radius 3 is 2.22 bits per heavy atom. The Labute approximate surface area is 103 Å². The molecule has 0 radical (unpaired) electrons. The van der Waals surface area contributed by atoms with Crippen molar-refractivity contribution in [1.82, 2.24) is 14.8 Å². The quantitative estimate of drug-likeness (QED) is 0.914. The van der Waals surface area contributed by atoms with Gasteiger partial charge in [0.2, 0.25) is 0 Å². The van der Waals surface area contributed by atoms with Gasteiger partial charge in [0.15, 0.2) is 11.6 Å². The third-order valence-electron chi connectivity index (χ3n) is 2.47. The van der Waals surface area contributed by atoms with Crippen molar-refractivity contribution in [3.63, 3.8) is 0 Å². The number of halogens is 2. The van der Waals surface area contributed by atoms with Crippen LogP contribution in [0, 0.1) is 0 Å². The zero-order valence-corrected chi connectivity index (χ0v) is 10.0. The number of rotatable bonds is 3. The predicted molar refractivity (Wildman–Crippen MR) is 62.5 cm³/mol. The maximum Gasteiger partial charge on any atom is 0.297 e. The molecule has 1 aromatic carbocycles. The maximum absolute atomic E-state index is 12.8. The predicted octanol–water partition coefficient (Wildman–Crippen LogP) is 3.17. The molecule has 18 heavy (non-hydrogen) atoms. The Kier molecular flexibility index (Phi) is 3.27. The monoisotopic (exact) mass is 253 g/mol. The Bertz CT molecular complexity index is 509. The van der Waals surface area contributed by atoms with E-state index in [0.717, 1.165) is 0 Å². The summed E-state index contributed by atoms with van der Waals surface area (Å²) in [6.07, 6.45) is -2.66. The van der Waals surface area contributed by atoms with Crippen molar-refractivity contribution < 1.29 is 13.9 Å². The first-order valence-electron chi connectivity index (χ1n) is 5.53. The number of hydrogen-bond donors (Lipinski definition) is 1. The van der Waals surface area contributed by atoms with Crippen molar-refractivity contribution in [2.45, 2.75) is 26.3 Å². The summed E-state index contributed by atoms with van der Waals surface area (Å²) in [5, 5.41) is 13.2. The van der Waals surface area contributed by atoms with Crippen LogP contribution in [-0.4, -0.2) is 19.9 Å². The van der Waals surface area contributed by atoms with Gasteiger partial charge in [0.1, 0.15) is 5.75 Å². The maximum atomic E-state index is 12.8. The molecule has 0 aliphatic carbocycles. The standard InChI is InChI=1S/C12H13F2N3O/c1-7(2)17-12(10(13)14)15-11(16-17)8-3-5-9(18)6-4-8/h3-7,10,18H,1-2H3. The molecule has 2 aromatic rings. The van der Waals surface area contributed by atoms with Crippen molar-refractivity contribution in [1.29, 1.82) is 0 Å². The molecule has 2 rings (SSSR count). The summed E-state index contributed by atoms with van der Waals surface area (Å²) in [5.74, 6) is 0.00296. The lowest BCUT2D eigenvalue weighted by molar-refractivity contribution is 0.131. The largest absolute Gasteiger partial charge is 0.508 e. The first-order valence-corrected chi connectivity index (χ1v) is 5.53. The minimum atomic E-state index is -2.66. The van der Waals surface area contributed by atoms with Crippen LogP contribution in [0.5, 0.6) is 5.75 Å². The molecule has 0 aliphatic rings. The highest BCUT2D eigenvalue weighted by molar-refractivity contribution is 5.55. The van der Waals surface area contributed by atoms with E-state index in [0.29, 0.717) is 5.56 Å². The Hall–Kier alpha value is -1.98. The molecule has 0 aliphatic heterocycles. The molecule has 0 fully saturated rings. The second kappa shape index (κ2) is 4.72. The van der Waals surface area contributed by atoms with Gasteiger partial charge in [0.05, 0.1) is 0 Å². The Morgan fingerprint density at radius 2 is 1.78 bits per heavy atom. The van der Waals surface area contributed by atoms with Gasteiger partial charge in [-0.15, -0.1) is 0 Å². The highest BCUT2D eigenvalue weighted by Gasteiger charge is 2.20. The van der Waals surface area contributed by atoms with Gasteiger partial charge in [0.25, 0.3) is 6.43 Å². The highest BCUT2D eigenvalue weighted by atomic mass is 19.3. The van der Waals surface area contributed by atoms with Crippen molar-refractivity contribution in [3.8, 4) is 17.1 Å². The van der Waals surface area contributed by atoms with Crippen LogP contribution in [0.2, 0.25) is 0 Å². The second-order valence-electron chi connectivity index (χ2n) is 4.18. The number of hydrogen-bond acceptors (Lipinski definition) is 3. The molecule has 6 heteroatoms. The van der Waals surface area contributed by atoms with Crippen LogP contribution in [0.15, 0.2) is 24.3 Å². The smallest absolute Gasteiger partial charge is 0.297 e. The number of phenolic OH excluding ortho intramolecular Hbond substituents is 1. The number of aromatic nitrogens is 3. The van der Waals surface area contributed by atoms with Crippen LogP contribution in [0.3, 0.4) is 0 Å². The topological polar surface area (TPSA) is 50.9 Å². The van der Waals surface area contributed by atoms with E-state index in [1.807, 2.05) is 0 Å². The van der Waals surface area contributed by atoms with E-state index < -0.39 is 6.43 Å². The average Bonchev–Trinajstić information content (AvgIpc) is 2.75. The van der Waals surface area contributed by atoms with Crippen LogP contribution in [0.4, 0.5) is 8.78 Å². The number of nitrogens with zero attached hydrogens (tertiary/aromatic N) is 3. The van der Waals surface area contributed by atoms with Gasteiger partial charge in [-0.05, 0) is 38.1 Å². The SMILES string of the molecule is CC(C)n1nc(-c2ccc(O)cc2)nc1C(F)F. The summed E-state index contributed by atoms with van der Waals surface area (Å²) in [6.45, 7) is 3.53. The molecular formula is C12H13F2N3O. The van der Waals surface area contributed by atoms with E-state index in [-0.39, 0.29) is 23.4 Å². The van der Waals surface area contributed by atoms with Crippen molar-refractivity contribution in [3.05, 3.63) is 30.1 Å². The Morgan fingerprint density at radius 1 is 1.17 bits per heavy atom. The molecule has 0 atom stereocenters. The van der Waals surface area contributed by atoms with Crippen LogP contribution < -0.4 is 0 Å². The van der Waals surface area contributed by atoms with Gasteiger partial charge < -0.3 is 5.11 Å². The van der Waals surface area contributed by atoms with E-state index >= 15 is 0 Å². The first kappa shape index (κ1) is 12.5. The summed E-state index contributed by atoms with van der Waals surface area (Å²) >= 11 is 0. The summed E-state index contributed by atoms with van der Waals surface area (Å²) in [6, 6.07) is 5.92. The number of aromatic hydroxyl groups is 1.